The quantitative estimate of drug-likeness (QED) is 0.748. The van der Waals surface area contributed by atoms with Crippen LogP contribution in [0.1, 0.15) is 52.4 Å². The predicted octanol–water partition coefficient (Wildman–Crippen LogP) is 3.33. The van der Waals surface area contributed by atoms with Crippen molar-refractivity contribution in [3.05, 3.63) is 0 Å². The zero-order valence-electron chi connectivity index (χ0n) is 11.9. The normalized spacial score (nSPS) is 29.6. The third-order valence-electron chi connectivity index (χ3n) is 4.39. The lowest BCUT2D eigenvalue weighted by atomic mass is 9.76. The Morgan fingerprint density at radius 2 is 2.06 bits per heavy atom. The number of nitriles is 2. The Labute approximate surface area is 111 Å². The van der Waals surface area contributed by atoms with Gasteiger partial charge in [0.2, 0.25) is 0 Å². The van der Waals surface area contributed by atoms with Gasteiger partial charge in [0, 0.05) is 12.1 Å². The van der Waals surface area contributed by atoms with Crippen molar-refractivity contribution in [2.75, 3.05) is 7.05 Å². The summed E-state index contributed by atoms with van der Waals surface area (Å²) in [6, 6.07) is 5.29. The van der Waals surface area contributed by atoms with Crippen LogP contribution in [0.25, 0.3) is 0 Å². The van der Waals surface area contributed by atoms with E-state index < -0.39 is 0 Å². The van der Waals surface area contributed by atoms with E-state index in [0.717, 1.165) is 18.8 Å². The fourth-order valence-corrected chi connectivity index (χ4v) is 3.11. The van der Waals surface area contributed by atoms with Gasteiger partial charge in [-0.25, -0.2) is 0 Å². The molecule has 0 aliphatic heterocycles. The summed E-state index contributed by atoms with van der Waals surface area (Å²) >= 11 is 0. The third kappa shape index (κ3) is 3.72. The summed E-state index contributed by atoms with van der Waals surface area (Å²) in [5.41, 5.74) is 0. The summed E-state index contributed by atoms with van der Waals surface area (Å²) in [5.74, 6) is 0.908. The van der Waals surface area contributed by atoms with Crippen molar-refractivity contribution in [2.45, 2.75) is 64.5 Å². The van der Waals surface area contributed by atoms with E-state index in [1.165, 1.54) is 19.3 Å². The molecule has 4 atom stereocenters. The van der Waals surface area contributed by atoms with E-state index in [4.69, 9.17) is 5.26 Å². The molecule has 18 heavy (non-hydrogen) atoms. The van der Waals surface area contributed by atoms with E-state index in [9.17, 15) is 5.26 Å². The molecule has 1 aliphatic carbocycles. The lowest BCUT2D eigenvalue weighted by Crippen LogP contribution is -2.46. The Balaban J connectivity index is 2.68. The monoisotopic (exact) mass is 247 g/mol. The molecule has 0 N–H and O–H groups in total. The van der Waals surface area contributed by atoms with Gasteiger partial charge in [-0.15, -0.1) is 0 Å². The Bertz CT molecular complexity index is 326. The fraction of sp³-hybridized carbons (Fsp3) is 0.867. The van der Waals surface area contributed by atoms with Crippen LogP contribution in [-0.4, -0.2) is 24.0 Å². The summed E-state index contributed by atoms with van der Waals surface area (Å²) in [4.78, 5) is 2.26. The van der Waals surface area contributed by atoms with Crippen molar-refractivity contribution in [3.8, 4) is 12.1 Å². The molecule has 1 rings (SSSR count). The highest BCUT2D eigenvalue weighted by atomic mass is 15.2. The van der Waals surface area contributed by atoms with E-state index in [-0.39, 0.29) is 12.0 Å². The molecule has 1 aliphatic rings. The molecule has 0 aromatic heterocycles. The fourth-order valence-electron chi connectivity index (χ4n) is 3.11. The first-order chi connectivity index (χ1) is 8.63. The molecular formula is C15H25N3. The minimum Gasteiger partial charge on any atom is -0.298 e. The van der Waals surface area contributed by atoms with Crippen LogP contribution in [-0.2, 0) is 0 Å². The molecule has 0 heterocycles. The first kappa shape index (κ1) is 15.0. The van der Waals surface area contributed by atoms with Gasteiger partial charge in [-0.3, -0.25) is 4.90 Å². The maximum Gasteiger partial charge on any atom is 0.0672 e. The van der Waals surface area contributed by atoms with Crippen molar-refractivity contribution >= 4 is 0 Å². The predicted molar refractivity (Wildman–Crippen MR) is 72.6 cm³/mol. The molecule has 1 fully saturated rings. The molecular weight excluding hydrogens is 222 g/mol. The van der Waals surface area contributed by atoms with E-state index in [1.807, 2.05) is 0 Å². The average Bonchev–Trinajstić information content (AvgIpc) is 2.38. The summed E-state index contributed by atoms with van der Waals surface area (Å²) in [6.45, 7) is 4.31. The van der Waals surface area contributed by atoms with Crippen LogP contribution in [0.2, 0.25) is 0 Å². The topological polar surface area (TPSA) is 50.8 Å². The highest BCUT2D eigenvalue weighted by Gasteiger charge is 2.34. The van der Waals surface area contributed by atoms with Crippen molar-refractivity contribution in [3.63, 3.8) is 0 Å². The molecule has 0 saturated heterocycles. The second kappa shape index (κ2) is 7.39. The lowest BCUT2D eigenvalue weighted by Gasteiger charge is -2.40. The van der Waals surface area contributed by atoms with Crippen molar-refractivity contribution < 1.29 is 0 Å². The van der Waals surface area contributed by atoms with E-state index in [0.29, 0.717) is 12.5 Å². The number of hydrogen-bond acceptors (Lipinski definition) is 3. The molecule has 0 aromatic carbocycles. The Morgan fingerprint density at radius 1 is 1.33 bits per heavy atom. The molecule has 0 radical (unpaired) electrons. The van der Waals surface area contributed by atoms with Crippen molar-refractivity contribution in [1.82, 2.24) is 4.90 Å². The van der Waals surface area contributed by atoms with Crippen LogP contribution in [0.5, 0.6) is 0 Å². The second-order valence-electron chi connectivity index (χ2n) is 5.65. The first-order valence-corrected chi connectivity index (χ1v) is 7.12. The largest absolute Gasteiger partial charge is 0.298 e. The molecule has 4 unspecified atom stereocenters. The van der Waals surface area contributed by atoms with Crippen LogP contribution in [0, 0.1) is 34.5 Å². The van der Waals surface area contributed by atoms with Gasteiger partial charge in [0.15, 0.2) is 0 Å². The maximum absolute atomic E-state index is 9.30. The van der Waals surface area contributed by atoms with Gasteiger partial charge in [-0.2, -0.15) is 10.5 Å². The van der Waals surface area contributed by atoms with Crippen molar-refractivity contribution in [2.24, 2.45) is 11.8 Å². The smallest absolute Gasteiger partial charge is 0.0672 e. The molecule has 0 bridgehead atoms. The molecule has 3 heteroatoms. The van der Waals surface area contributed by atoms with Gasteiger partial charge < -0.3 is 0 Å². The Hall–Kier alpha value is -1.06. The zero-order chi connectivity index (χ0) is 13.5. The van der Waals surface area contributed by atoms with Crippen LogP contribution < -0.4 is 0 Å². The summed E-state index contributed by atoms with van der Waals surface area (Å²) in [6.07, 6.45) is 6.39. The van der Waals surface area contributed by atoms with E-state index in [2.05, 4.69) is 37.9 Å². The highest BCUT2D eigenvalue weighted by molar-refractivity contribution is 4.98. The minimum absolute atomic E-state index is 0.143. The molecule has 3 nitrogen and oxygen atoms in total. The average molecular weight is 247 g/mol. The van der Waals surface area contributed by atoms with Gasteiger partial charge in [-0.1, -0.05) is 19.8 Å². The minimum atomic E-state index is 0.143. The van der Waals surface area contributed by atoms with Gasteiger partial charge in [0.05, 0.1) is 24.5 Å². The van der Waals surface area contributed by atoms with Gasteiger partial charge >= 0.3 is 0 Å². The summed E-state index contributed by atoms with van der Waals surface area (Å²) in [5, 5.41) is 18.1. The van der Waals surface area contributed by atoms with Gasteiger partial charge in [-0.05, 0) is 39.2 Å². The maximum atomic E-state index is 9.30. The third-order valence-corrected chi connectivity index (χ3v) is 4.39. The summed E-state index contributed by atoms with van der Waals surface area (Å²) < 4.78 is 0. The highest BCUT2D eigenvalue weighted by Crippen LogP contribution is 2.34. The standard InChI is InChI=1S/C15H25N3/c1-4-5-13-6-7-14(11-17)15(10-13)18(3)12(2)8-9-16/h12-15H,4-8,10H2,1-3H3. The zero-order valence-corrected chi connectivity index (χ0v) is 11.9. The molecule has 0 amide bonds. The molecule has 0 spiro atoms. The molecule has 1 saturated carbocycles. The van der Waals surface area contributed by atoms with Crippen LogP contribution in [0.3, 0.4) is 0 Å². The summed E-state index contributed by atoms with van der Waals surface area (Å²) in [7, 11) is 2.07. The van der Waals surface area contributed by atoms with Crippen LogP contribution in [0.4, 0.5) is 0 Å². The Morgan fingerprint density at radius 3 is 2.61 bits per heavy atom. The molecule has 0 aromatic rings. The number of rotatable bonds is 5. The number of nitrogens with zero attached hydrogens (tertiary/aromatic N) is 3. The van der Waals surface area contributed by atoms with E-state index in [1.54, 1.807) is 0 Å². The Kier molecular flexibility index (Phi) is 6.16. The van der Waals surface area contributed by atoms with Crippen LogP contribution in [0.15, 0.2) is 0 Å². The van der Waals surface area contributed by atoms with Gasteiger partial charge in [0.1, 0.15) is 0 Å². The van der Waals surface area contributed by atoms with E-state index >= 15 is 0 Å². The first-order valence-electron chi connectivity index (χ1n) is 7.12. The van der Waals surface area contributed by atoms with Crippen LogP contribution >= 0.6 is 0 Å². The van der Waals surface area contributed by atoms with Crippen molar-refractivity contribution in [1.29, 1.82) is 10.5 Å². The SMILES string of the molecule is CCCC1CCC(C#N)C(N(C)C(C)CC#N)C1. The lowest BCUT2D eigenvalue weighted by molar-refractivity contribution is 0.0921. The molecule has 100 valence electrons. The second-order valence-corrected chi connectivity index (χ2v) is 5.65. The van der Waals surface area contributed by atoms with Gasteiger partial charge in [0.25, 0.3) is 0 Å². The number of hydrogen-bond donors (Lipinski definition) is 0.